The molecule has 0 spiro atoms. The lowest BCUT2D eigenvalue weighted by atomic mass is 10.1. The number of unbranched alkanes of at least 4 members (excludes halogenated alkanes) is 2. The Bertz CT molecular complexity index is 455. The molecular weight excluding hydrogens is 264 g/mol. The Morgan fingerprint density at radius 2 is 1.95 bits per heavy atom. The summed E-state index contributed by atoms with van der Waals surface area (Å²) >= 11 is 0. The van der Waals surface area contributed by atoms with E-state index < -0.39 is 0 Å². The highest BCUT2D eigenvalue weighted by Gasteiger charge is 1.98. The van der Waals surface area contributed by atoms with Gasteiger partial charge in [-0.25, -0.2) is 0 Å². The summed E-state index contributed by atoms with van der Waals surface area (Å²) in [4.78, 5) is 11.6. The third-order valence-corrected chi connectivity index (χ3v) is 3.05. The van der Waals surface area contributed by atoms with E-state index in [1.807, 2.05) is 48.0 Å². The fraction of sp³-hybridized carbons (Fsp3) is 0.353. The number of rotatable bonds is 10. The van der Waals surface area contributed by atoms with Gasteiger partial charge in [0.25, 0.3) is 0 Å². The van der Waals surface area contributed by atoms with Crippen LogP contribution >= 0.6 is 0 Å². The maximum absolute atomic E-state index is 11.6. The first-order chi connectivity index (χ1) is 10.2. The Kier molecular flexibility index (Phi) is 8.64. The molecule has 0 unspecified atom stereocenters. The Balaban J connectivity index is 2.04. The molecular formula is C17H24N2O2. The molecule has 1 rings (SSSR count). The van der Waals surface area contributed by atoms with Crippen LogP contribution in [-0.4, -0.2) is 17.7 Å². The van der Waals surface area contributed by atoms with Crippen molar-refractivity contribution < 1.29 is 10.0 Å². The number of carbonyl (C=O) groups is 1. The minimum Gasteiger partial charge on any atom is -0.356 e. The second-order valence-corrected chi connectivity index (χ2v) is 4.89. The summed E-state index contributed by atoms with van der Waals surface area (Å²) < 4.78 is 0. The van der Waals surface area contributed by atoms with E-state index in [1.165, 1.54) is 0 Å². The van der Waals surface area contributed by atoms with Crippen molar-refractivity contribution in [2.24, 2.45) is 0 Å². The average molecular weight is 288 g/mol. The van der Waals surface area contributed by atoms with Crippen molar-refractivity contribution in [1.29, 1.82) is 0 Å². The molecule has 0 aliphatic heterocycles. The van der Waals surface area contributed by atoms with Crippen molar-refractivity contribution in [3.63, 3.8) is 0 Å². The first-order valence-corrected chi connectivity index (χ1v) is 7.28. The van der Waals surface area contributed by atoms with Gasteiger partial charge in [0.15, 0.2) is 0 Å². The number of benzene rings is 1. The third-order valence-electron chi connectivity index (χ3n) is 3.05. The standard InChI is InChI=1S/C17H24N2O2/c1-15(19-21)9-4-3-7-14-18-17(20)13-8-12-16-10-5-2-6-11-16/h2,5-6,8,10-12,19,21H,1,3-4,7,9,13-14H2,(H,18,20)/b12-8+. The predicted octanol–water partition coefficient (Wildman–Crippen LogP) is 3.26. The molecule has 0 heterocycles. The number of allylic oxidation sites excluding steroid dienone is 1. The van der Waals surface area contributed by atoms with Gasteiger partial charge in [-0.3, -0.25) is 15.5 Å². The molecule has 0 saturated carbocycles. The number of hydrogen-bond donors (Lipinski definition) is 3. The molecule has 0 fully saturated rings. The smallest absolute Gasteiger partial charge is 0.223 e. The fourth-order valence-corrected chi connectivity index (χ4v) is 1.86. The summed E-state index contributed by atoms with van der Waals surface area (Å²) in [6.07, 6.45) is 7.88. The quantitative estimate of drug-likeness (QED) is 0.457. The molecule has 0 aliphatic carbocycles. The van der Waals surface area contributed by atoms with Gasteiger partial charge in [0.1, 0.15) is 0 Å². The molecule has 4 nitrogen and oxygen atoms in total. The Morgan fingerprint density at radius 3 is 2.67 bits per heavy atom. The van der Waals surface area contributed by atoms with Crippen molar-refractivity contribution in [3.8, 4) is 0 Å². The molecule has 0 bridgehead atoms. The summed E-state index contributed by atoms with van der Waals surface area (Å²) in [7, 11) is 0. The SMILES string of the molecule is C=C(CCCCCNC(=O)C/C=C/c1ccccc1)NO. The summed E-state index contributed by atoms with van der Waals surface area (Å²) in [6, 6.07) is 9.92. The molecule has 0 radical (unpaired) electrons. The fourth-order valence-electron chi connectivity index (χ4n) is 1.86. The maximum atomic E-state index is 11.6. The van der Waals surface area contributed by atoms with Gasteiger partial charge in [-0.05, 0) is 24.8 Å². The molecule has 1 aromatic rings. The number of hydrogen-bond acceptors (Lipinski definition) is 3. The van der Waals surface area contributed by atoms with Crippen LogP contribution in [0.25, 0.3) is 6.08 Å². The van der Waals surface area contributed by atoms with Crippen LogP contribution < -0.4 is 10.8 Å². The Labute approximate surface area is 126 Å². The average Bonchev–Trinajstić information content (AvgIpc) is 2.51. The minimum atomic E-state index is 0.0450. The number of amides is 1. The van der Waals surface area contributed by atoms with E-state index in [9.17, 15) is 4.79 Å². The molecule has 1 amide bonds. The van der Waals surface area contributed by atoms with Crippen LogP contribution in [0, 0.1) is 0 Å². The zero-order valence-electron chi connectivity index (χ0n) is 12.3. The van der Waals surface area contributed by atoms with E-state index >= 15 is 0 Å². The van der Waals surface area contributed by atoms with Crippen LogP contribution in [0.3, 0.4) is 0 Å². The van der Waals surface area contributed by atoms with Gasteiger partial charge in [0, 0.05) is 18.7 Å². The highest BCUT2D eigenvalue weighted by Crippen LogP contribution is 2.04. The molecule has 1 aromatic carbocycles. The van der Waals surface area contributed by atoms with Gasteiger partial charge in [-0.1, -0.05) is 55.5 Å². The zero-order chi connectivity index (χ0) is 15.3. The topological polar surface area (TPSA) is 61.4 Å². The molecule has 114 valence electrons. The Morgan fingerprint density at radius 1 is 1.19 bits per heavy atom. The first kappa shape index (κ1) is 17.0. The van der Waals surface area contributed by atoms with Crippen molar-refractivity contribution >= 4 is 12.0 Å². The summed E-state index contributed by atoms with van der Waals surface area (Å²) in [5, 5.41) is 11.5. The van der Waals surface area contributed by atoms with Crippen molar-refractivity contribution in [1.82, 2.24) is 10.8 Å². The maximum Gasteiger partial charge on any atom is 0.223 e. The van der Waals surface area contributed by atoms with Crippen molar-refractivity contribution in [2.75, 3.05) is 6.54 Å². The van der Waals surface area contributed by atoms with Gasteiger partial charge < -0.3 is 5.32 Å². The van der Waals surface area contributed by atoms with Crippen molar-refractivity contribution in [3.05, 3.63) is 54.2 Å². The molecule has 3 N–H and O–H groups in total. The second-order valence-electron chi connectivity index (χ2n) is 4.89. The highest BCUT2D eigenvalue weighted by molar-refractivity contribution is 5.78. The normalized spacial score (nSPS) is 10.5. The molecule has 0 aliphatic rings. The van der Waals surface area contributed by atoms with Gasteiger partial charge in [-0.15, -0.1) is 0 Å². The van der Waals surface area contributed by atoms with E-state index in [-0.39, 0.29) is 5.91 Å². The lowest BCUT2D eigenvalue weighted by molar-refractivity contribution is -0.120. The number of hydroxylamine groups is 1. The van der Waals surface area contributed by atoms with Crippen LogP contribution in [0.15, 0.2) is 48.7 Å². The minimum absolute atomic E-state index is 0.0450. The second kappa shape index (κ2) is 10.7. The van der Waals surface area contributed by atoms with E-state index in [0.717, 1.165) is 31.2 Å². The van der Waals surface area contributed by atoms with Crippen LogP contribution in [0.2, 0.25) is 0 Å². The summed E-state index contributed by atoms with van der Waals surface area (Å²) in [6.45, 7) is 4.33. The van der Waals surface area contributed by atoms with Gasteiger partial charge in [0.2, 0.25) is 5.91 Å². The van der Waals surface area contributed by atoms with E-state index in [0.29, 0.717) is 18.7 Å². The van der Waals surface area contributed by atoms with Crippen LogP contribution in [0.4, 0.5) is 0 Å². The van der Waals surface area contributed by atoms with E-state index in [4.69, 9.17) is 5.21 Å². The monoisotopic (exact) mass is 288 g/mol. The van der Waals surface area contributed by atoms with Gasteiger partial charge in [-0.2, -0.15) is 0 Å². The van der Waals surface area contributed by atoms with Crippen molar-refractivity contribution in [2.45, 2.75) is 32.1 Å². The van der Waals surface area contributed by atoms with Crippen LogP contribution in [0.1, 0.15) is 37.7 Å². The molecule has 21 heavy (non-hydrogen) atoms. The van der Waals surface area contributed by atoms with Gasteiger partial charge >= 0.3 is 0 Å². The highest BCUT2D eigenvalue weighted by atomic mass is 16.5. The van der Waals surface area contributed by atoms with Crippen LogP contribution in [-0.2, 0) is 4.79 Å². The zero-order valence-corrected chi connectivity index (χ0v) is 12.3. The van der Waals surface area contributed by atoms with E-state index in [1.54, 1.807) is 0 Å². The largest absolute Gasteiger partial charge is 0.356 e. The molecule has 0 aromatic heterocycles. The Hall–Kier alpha value is -2.07. The van der Waals surface area contributed by atoms with E-state index in [2.05, 4.69) is 11.9 Å². The number of nitrogens with one attached hydrogen (secondary N) is 2. The third kappa shape index (κ3) is 8.65. The predicted molar refractivity (Wildman–Crippen MR) is 85.6 cm³/mol. The molecule has 0 atom stereocenters. The first-order valence-electron chi connectivity index (χ1n) is 7.28. The summed E-state index contributed by atoms with van der Waals surface area (Å²) in [5.41, 5.74) is 3.77. The van der Waals surface area contributed by atoms with Gasteiger partial charge in [0.05, 0.1) is 0 Å². The summed E-state index contributed by atoms with van der Waals surface area (Å²) in [5.74, 6) is 0.0450. The molecule has 0 saturated heterocycles. The lowest BCUT2D eigenvalue weighted by Crippen LogP contribution is -2.23. The van der Waals surface area contributed by atoms with Crippen LogP contribution in [0.5, 0.6) is 0 Å². The number of carbonyl (C=O) groups excluding carboxylic acids is 1. The molecule has 4 heteroatoms. The lowest BCUT2D eigenvalue weighted by Gasteiger charge is -2.05.